The van der Waals surface area contributed by atoms with Gasteiger partial charge in [0.2, 0.25) is 5.83 Å². The van der Waals surface area contributed by atoms with Gasteiger partial charge < -0.3 is 0 Å². The fourth-order valence-electron chi connectivity index (χ4n) is 0.186. The second-order valence-corrected chi connectivity index (χ2v) is 1.01. The Balaban J connectivity index is 4.44. The molecule has 0 amide bonds. The van der Waals surface area contributed by atoms with Crippen LogP contribution in [0.1, 0.15) is 0 Å². The minimum atomic E-state index is -1.11. The van der Waals surface area contributed by atoms with Crippen molar-refractivity contribution in [1.82, 2.24) is 0 Å². The number of carbonyl (C=O) groups excluding carboxylic acids is 1. The summed E-state index contributed by atoms with van der Waals surface area (Å²) in [5, 5.41) is 0. The smallest absolute Gasteiger partial charge is 0.224 e. The third-order valence-electron chi connectivity index (χ3n) is 0.443. The lowest BCUT2D eigenvalue weighted by Crippen LogP contribution is -1.59. The van der Waals surface area contributed by atoms with Crippen molar-refractivity contribution in [2.24, 2.45) is 0 Å². The minimum Gasteiger partial charge on any atom is -0.224 e. The first-order valence-electron chi connectivity index (χ1n) is 2.08. The molecule has 0 atom stereocenters. The number of halogens is 2. The van der Waals surface area contributed by atoms with Gasteiger partial charge in [0, 0.05) is 11.7 Å². The highest BCUT2D eigenvalue weighted by Crippen LogP contribution is 1.85. The molecule has 0 unspecified atom stereocenters. The maximum atomic E-state index is 11.9. The van der Waals surface area contributed by atoms with Gasteiger partial charge in [-0.1, -0.05) is 0 Å². The third kappa shape index (κ3) is 4.37. The summed E-state index contributed by atoms with van der Waals surface area (Å²) in [7, 11) is 0. The second kappa shape index (κ2) is 5.35. The quantitative estimate of drug-likeness (QED) is 0.274. The van der Waals surface area contributed by atoms with E-state index in [1.165, 1.54) is 5.73 Å². The van der Waals surface area contributed by atoms with E-state index in [0.717, 1.165) is 12.1 Å². The van der Waals surface area contributed by atoms with Crippen molar-refractivity contribution in [2.45, 2.75) is 0 Å². The number of rotatable bonds is 0. The van der Waals surface area contributed by atoms with Crippen LogP contribution < -0.4 is 0 Å². The lowest BCUT2D eigenvalue weighted by molar-refractivity contribution is 0.568. The predicted octanol–water partition coefficient (Wildman–Crippen LogP) is 0.760. The van der Waals surface area contributed by atoms with E-state index in [4.69, 9.17) is 0 Å². The van der Waals surface area contributed by atoms with Gasteiger partial charge in [-0.3, -0.25) is 0 Å². The zero-order valence-corrected chi connectivity index (χ0v) is 4.66. The Morgan fingerprint density at radius 2 is 2.00 bits per heavy atom. The van der Waals surface area contributed by atoms with E-state index in [1.54, 1.807) is 17.8 Å². The van der Waals surface area contributed by atoms with Gasteiger partial charge in [-0.05, 0) is 11.8 Å². The van der Waals surface area contributed by atoms with Crippen LogP contribution >= 0.6 is 0 Å². The van der Waals surface area contributed by atoms with E-state index >= 15 is 0 Å². The summed E-state index contributed by atoms with van der Waals surface area (Å²) in [6.07, 6.45) is 0.935. The van der Waals surface area contributed by atoms with Crippen LogP contribution in [0.25, 0.3) is 0 Å². The molecule has 0 saturated heterocycles. The van der Waals surface area contributed by atoms with E-state index in [1.807, 2.05) is 0 Å². The molecule has 0 aromatic rings. The molecule has 0 aliphatic rings. The minimum absolute atomic E-state index is 0.935. The van der Waals surface area contributed by atoms with Crippen molar-refractivity contribution in [3.05, 3.63) is 11.6 Å². The van der Waals surface area contributed by atoms with E-state index in [9.17, 15) is 13.6 Å². The monoisotopic (exact) mass is 138 g/mol. The standard InChI is InChI=1S/C7F2O/c8-5-2-1-3-7(9)4-6-10. The summed E-state index contributed by atoms with van der Waals surface area (Å²) in [5.74, 6) is 5.03. The summed E-state index contributed by atoms with van der Waals surface area (Å²) in [6.45, 7) is 0. The Morgan fingerprint density at radius 3 is 2.50 bits per heavy atom. The molecule has 0 heterocycles. The summed E-state index contributed by atoms with van der Waals surface area (Å²) >= 11 is 0. The molecule has 0 rings (SSSR count). The fourth-order valence-corrected chi connectivity index (χ4v) is 0.186. The van der Waals surface area contributed by atoms with Crippen LogP contribution in [0.2, 0.25) is 0 Å². The van der Waals surface area contributed by atoms with Gasteiger partial charge in [0.15, 0.2) is 5.94 Å². The SMILES string of the molecule is O=C=C=C(F)C#CC#CF. The van der Waals surface area contributed by atoms with Crippen LogP contribution in [0.5, 0.6) is 0 Å². The van der Waals surface area contributed by atoms with Crippen molar-refractivity contribution in [2.75, 3.05) is 0 Å². The first-order valence-corrected chi connectivity index (χ1v) is 2.08. The Labute approximate surface area is 56.0 Å². The van der Waals surface area contributed by atoms with Crippen LogP contribution in [0.15, 0.2) is 11.6 Å². The van der Waals surface area contributed by atoms with Gasteiger partial charge in [-0.15, -0.1) is 4.39 Å². The van der Waals surface area contributed by atoms with Crippen molar-refractivity contribution < 1.29 is 13.6 Å². The van der Waals surface area contributed by atoms with Gasteiger partial charge in [0.25, 0.3) is 0 Å². The van der Waals surface area contributed by atoms with Gasteiger partial charge in [0.1, 0.15) is 6.17 Å². The third-order valence-corrected chi connectivity index (χ3v) is 0.443. The predicted molar refractivity (Wildman–Crippen MR) is 30.5 cm³/mol. The zero-order chi connectivity index (χ0) is 7.82. The highest BCUT2D eigenvalue weighted by atomic mass is 19.1. The molecule has 0 saturated carbocycles. The summed E-state index contributed by atoms with van der Waals surface area (Å²) in [4.78, 5) is 9.37. The van der Waals surface area contributed by atoms with Crippen molar-refractivity contribution >= 4 is 5.94 Å². The van der Waals surface area contributed by atoms with Crippen LogP contribution in [-0.4, -0.2) is 5.94 Å². The first-order chi connectivity index (χ1) is 4.81. The van der Waals surface area contributed by atoms with E-state index in [0.29, 0.717) is 0 Å². The van der Waals surface area contributed by atoms with Crippen LogP contribution in [0, 0.1) is 23.9 Å². The molecule has 0 fully saturated rings. The highest BCUT2D eigenvalue weighted by molar-refractivity contribution is 5.47. The van der Waals surface area contributed by atoms with Crippen LogP contribution in [0.4, 0.5) is 8.78 Å². The van der Waals surface area contributed by atoms with Crippen molar-refractivity contribution in [3.8, 4) is 23.9 Å². The molecule has 0 aliphatic carbocycles. The number of hydrogen-bond acceptors (Lipinski definition) is 1. The molecule has 3 heteroatoms. The van der Waals surface area contributed by atoms with Crippen LogP contribution in [0.3, 0.4) is 0 Å². The molecule has 0 aliphatic heterocycles. The maximum absolute atomic E-state index is 11.9. The molecule has 0 bridgehead atoms. The molecule has 1 nitrogen and oxygen atoms in total. The van der Waals surface area contributed by atoms with Crippen molar-refractivity contribution in [3.63, 3.8) is 0 Å². The van der Waals surface area contributed by atoms with Gasteiger partial charge in [0.05, 0.1) is 0 Å². The maximum Gasteiger partial charge on any atom is 0.227 e. The van der Waals surface area contributed by atoms with E-state index < -0.39 is 5.83 Å². The molecule has 0 aromatic heterocycles. The molecular weight excluding hydrogens is 138 g/mol. The Hall–Kier alpha value is -1.79. The summed E-state index contributed by atoms with van der Waals surface area (Å²) < 4.78 is 22.8. The van der Waals surface area contributed by atoms with Crippen molar-refractivity contribution in [1.29, 1.82) is 0 Å². The van der Waals surface area contributed by atoms with Gasteiger partial charge in [-0.2, -0.15) is 4.39 Å². The fraction of sp³-hybridized carbons (Fsp3) is 0. The largest absolute Gasteiger partial charge is 0.227 e. The second-order valence-electron chi connectivity index (χ2n) is 1.01. The zero-order valence-electron chi connectivity index (χ0n) is 4.66. The van der Waals surface area contributed by atoms with E-state index in [2.05, 4.69) is 0 Å². The first kappa shape index (κ1) is 8.21. The molecule has 0 aromatic carbocycles. The molecule has 10 heavy (non-hydrogen) atoms. The molecule has 48 valence electrons. The average Bonchev–Trinajstić information content (AvgIpc) is 1.89. The molecule has 0 N–H and O–H groups in total. The normalized spacial score (nSPS) is 5.00. The lowest BCUT2D eigenvalue weighted by atomic mass is 10.5. The Kier molecular flexibility index (Phi) is 4.39. The Bertz CT molecular complexity index is 309. The summed E-state index contributed by atoms with van der Waals surface area (Å²) in [6, 6.07) is 0. The van der Waals surface area contributed by atoms with E-state index in [-0.39, 0.29) is 0 Å². The van der Waals surface area contributed by atoms with Gasteiger partial charge in [-0.25, -0.2) is 4.79 Å². The average molecular weight is 138 g/mol. The molecule has 0 radical (unpaired) electrons. The van der Waals surface area contributed by atoms with Crippen LogP contribution in [-0.2, 0) is 4.79 Å². The highest BCUT2D eigenvalue weighted by Gasteiger charge is 1.78. The lowest BCUT2D eigenvalue weighted by Gasteiger charge is -1.64. The van der Waals surface area contributed by atoms with Gasteiger partial charge >= 0.3 is 0 Å². The number of hydrogen-bond donors (Lipinski definition) is 0. The molecular formula is C7F2O. The Morgan fingerprint density at radius 1 is 1.30 bits per heavy atom. The topological polar surface area (TPSA) is 17.1 Å². The molecule has 0 spiro atoms. The number of allylic oxidation sites excluding steroid dienone is 1. The summed E-state index contributed by atoms with van der Waals surface area (Å²) in [5.41, 5.74) is 1.48.